The Bertz CT molecular complexity index is 813. The smallest absolute Gasteiger partial charge is 0.359 e. The molecule has 2 aromatic rings. The van der Waals surface area contributed by atoms with Gasteiger partial charge >= 0.3 is 6.18 Å². The number of likely N-dealkylation sites (N-methyl/N-ethyl adjacent to an activating group) is 1. The fourth-order valence-electron chi connectivity index (χ4n) is 2.99. The zero-order valence-corrected chi connectivity index (χ0v) is 14.3. The molecule has 1 fully saturated rings. The number of hydrogen-bond acceptors (Lipinski definition) is 4. The summed E-state index contributed by atoms with van der Waals surface area (Å²) < 4.78 is 52.9. The second-order valence-electron chi connectivity index (χ2n) is 6.49. The lowest BCUT2D eigenvalue weighted by molar-refractivity contribution is -0.182. The van der Waals surface area contributed by atoms with Gasteiger partial charge < -0.3 is 15.5 Å². The van der Waals surface area contributed by atoms with E-state index >= 15 is 0 Å². The molecule has 6 nitrogen and oxygen atoms in total. The molecule has 1 aliphatic heterocycles. The van der Waals surface area contributed by atoms with Crippen LogP contribution in [0.25, 0.3) is 10.9 Å². The minimum Gasteiger partial charge on any atom is -0.359 e. The zero-order chi connectivity index (χ0) is 19.1. The summed E-state index contributed by atoms with van der Waals surface area (Å²) in [6.07, 6.45) is -8.04. The minimum absolute atomic E-state index is 0.0745. The van der Waals surface area contributed by atoms with Crippen molar-refractivity contribution in [2.24, 2.45) is 7.05 Å². The van der Waals surface area contributed by atoms with Crippen molar-refractivity contribution in [3.05, 3.63) is 23.8 Å². The first-order valence-corrected chi connectivity index (χ1v) is 8.04. The topological polar surface area (TPSA) is 62.2 Å². The van der Waals surface area contributed by atoms with Gasteiger partial charge in [0.05, 0.1) is 18.1 Å². The maximum absolute atomic E-state index is 13.6. The Hall–Kier alpha value is -2.36. The van der Waals surface area contributed by atoms with Gasteiger partial charge in [0.1, 0.15) is 0 Å². The summed E-state index contributed by atoms with van der Waals surface area (Å²) in [5, 5.41) is 10.1. The number of halogens is 4. The van der Waals surface area contributed by atoms with E-state index in [1.807, 2.05) is 7.05 Å². The van der Waals surface area contributed by atoms with Gasteiger partial charge in [-0.1, -0.05) is 6.07 Å². The molecule has 1 aromatic heterocycles. The van der Waals surface area contributed by atoms with E-state index < -0.39 is 17.9 Å². The molecular weight excluding hydrogens is 354 g/mol. The Labute approximate surface area is 147 Å². The van der Waals surface area contributed by atoms with Crippen LogP contribution in [0.15, 0.2) is 18.2 Å². The van der Waals surface area contributed by atoms with Crippen molar-refractivity contribution < 1.29 is 22.4 Å². The van der Waals surface area contributed by atoms with Crippen LogP contribution in [0.4, 0.5) is 23.4 Å². The van der Waals surface area contributed by atoms with Gasteiger partial charge in [-0.25, -0.2) is 4.39 Å². The molecule has 0 saturated carbocycles. The van der Waals surface area contributed by atoms with Gasteiger partial charge in [0.25, 0.3) is 0 Å². The van der Waals surface area contributed by atoms with Gasteiger partial charge in [0, 0.05) is 25.5 Å². The first-order valence-electron chi connectivity index (χ1n) is 8.04. The molecule has 0 bridgehead atoms. The van der Waals surface area contributed by atoms with Crippen LogP contribution in [-0.2, 0) is 11.8 Å². The van der Waals surface area contributed by atoms with Crippen molar-refractivity contribution in [2.45, 2.75) is 18.4 Å². The van der Waals surface area contributed by atoms with Crippen LogP contribution in [0.3, 0.4) is 0 Å². The van der Waals surface area contributed by atoms with Gasteiger partial charge in [0.2, 0.25) is 12.1 Å². The molecule has 0 spiro atoms. The number of amides is 1. The number of alkyl halides is 4. The molecule has 3 rings (SSSR count). The molecule has 1 aromatic carbocycles. The Morgan fingerprint density at radius 3 is 2.65 bits per heavy atom. The molecule has 1 saturated heterocycles. The Morgan fingerprint density at radius 2 is 2.04 bits per heavy atom. The number of carbonyl (C=O) groups is 1. The van der Waals surface area contributed by atoms with E-state index in [0.717, 1.165) is 25.2 Å². The van der Waals surface area contributed by atoms with Crippen LogP contribution < -0.4 is 10.6 Å². The minimum atomic E-state index is -4.97. The lowest BCUT2D eigenvalue weighted by Crippen LogP contribution is -2.58. The highest BCUT2D eigenvalue weighted by molar-refractivity contribution is 5.92. The monoisotopic (exact) mass is 373 g/mol. The number of anilines is 1. The van der Waals surface area contributed by atoms with Crippen molar-refractivity contribution in [1.82, 2.24) is 20.0 Å². The van der Waals surface area contributed by atoms with Crippen molar-refractivity contribution in [3.63, 3.8) is 0 Å². The van der Waals surface area contributed by atoms with Crippen molar-refractivity contribution >= 4 is 22.6 Å². The Morgan fingerprint density at radius 1 is 1.35 bits per heavy atom. The van der Waals surface area contributed by atoms with Gasteiger partial charge in [-0.05, 0) is 24.7 Å². The summed E-state index contributed by atoms with van der Waals surface area (Å²) in [7, 11) is 3.56. The molecule has 142 valence electrons. The number of hydrogen-bond donors (Lipinski definition) is 2. The number of likely N-dealkylation sites (tertiary alicyclic amines) is 1. The number of benzene rings is 1. The van der Waals surface area contributed by atoms with Gasteiger partial charge in [-0.15, -0.1) is 0 Å². The van der Waals surface area contributed by atoms with Gasteiger partial charge in [0.15, 0.2) is 5.82 Å². The van der Waals surface area contributed by atoms with E-state index in [1.54, 1.807) is 7.05 Å². The zero-order valence-electron chi connectivity index (χ0n) is 14.3. The first kappa shape index (κ1) is 18.4. The molecule has 1 atom stereocenters. The highest BCUT2D eigenvalue weighted by Gasteiger charge is 2.41. The van der Waals surface area contributed by atoms with E-state index in [-0.39, 0.29) is 24.3 Å². The van der Waals surface area contributed by atoms with E-state index in [4.69, 9.17) is 0 Å². The summed E-state index contributed by atoms with van der Waals surface area (Å²) in [4.78, 5) is 14.0. The Balaban J connectivity index is 1.74. The van der Waals surface area contributed by atoms with Crippen LogP contribution in [-0.4, -0.2) is 59.5 Å². The van der Waals surface area contributed by atoms with Gasteiger partial charge in [-0.2, -0.15) is 18.3 Å². The summed E-state index contributed by atoms with van der Waals surface area (Å²) in [6, 6.07) is 3.68. The third-order valence-corrected chi connectivity index (χ3v) is 4.30. The number of nitrogens with one attached hydrogen (secondary N) is 2. The largest absolute Gasteiger partial charge is 0.423 e. The van der Waals surface area contributed by atoms with Crippen LogP contribution in [0.5, 0.6) is 0 Å². The molecule has 10 heteroatoms. The molecule has 2 N–H and O–H groups in total. The predicted octanol–water partition coefficient (Wildman–Crippen LogP) is 1.99. The van der Waals surface area contributed by atoms with E-state index in [2.05, 4.69) is 20.6 Å². The molecule has 26 heavy (non-hydrogen) atoms. The summed E-state index contributed by atoms with van der Waals surface area (Å²) in [5.74, 6) is -0.00341. The third-order valence-electron chi connectivity index (χ3n) is 4.30. The van der Waals surface area contributed by atoms with Crippen molar-refractivity contribution in [2.75, 3.05) is 32.0 Å². The van der Waals surface area contributed by atoms with Crippen LogP contribution in [0.1, 0.15) is 11.7 Å². The molecule has 1 amide bonds. The van der Waals surface area contributed by atoms with Crippen molar-refractivity contribution in [3.8, 4) is 0 Å². The van der Waals surface area contributed by atoms with E-state index in [0.29, 0.717) is 10.9 Å². The maximum Gasteiger partial charge on any atom is 0.423 e. The average Bonchev–Trinajstić information content (AvgIpc) is 2.85. The van der Waals surface area contributed by atoms with Crippen molar-refractivity contribution in [1.29, 1.82) is 0 Å². The summed E-state index contributed by atoms with van der Waals surface area (Å²) in [5.41, 5.74) is 0.0367. The normalized spacial score (nSPS) is 17.2. The Kier molecular flexibility index (Phi) is 4.78. The van der Waals surface area contributed by atoms with Gasteiger partial charge in [-0.3, -0.25) is 9.48 Å². The SMILES string of the molecule is CN1CC(NC(=O)CNc2nn(C)c3ccc(C(F)C(F)(F)F)cc23)C1. The standard InChI is InChI=1S/C16H19F4N5O/c1-24-7-10(8-24)22-13(26)6-21-15-11-5-9(14(17)16(18,19)20)3-4-12(11)25(2)23-15/h3-5,10,14H,6-8H2,1-2H3,(H,21,23)(H,22,26). The van der Waals surface area contributed by atoms with Crippen LogP contribution >= 0.6 is 0 Å². The fraction of sp³-hybridized carbons (Fsp3) is 0.500. The van der Waals surface area contributed by atoms with E-state index in [1.165, 1.54) is 10.7 Å². The van der Waals surface area contributed by atoms with Crippen LogP contribution in [0, 0.1) is 0 Å². The highest BCUT2D eigenvalue weighted by atomic mass is 19.4. The highest BCUT2D eigenvalue weighted by Crippen LogP contribution is 2.37. The third kappa shape index (κ3) is 3.74. The first-order chi connectivity index (χ1) is 12.1. The molecule has 1 unspecified atom stereocenters. The average molecular weight is 373 g/mol. The van der Waals surface area contributed by atoms with E-state index in [9.17, 15) is 22.4 Å². The number of nitrogens with zero attached hydrogens (tertiary/aromatic N) is 3. The fourth-order valence-corrected chi connectivity index (χ4v) is 2.99. The second-order valence-corrected chi connectivity index (χ2v) is 6.49. The summed E-state index contributed by atoms with van der Waals surface area (Å²) in [6.45, 7) is 1.47. The second kappa shape index (κ2) is 6.75. The number of fused-ring (bicyclic) bond motifs is 1. The molecule has 1 aliphatic rings. The quantitative estimate of drug-likeness (QED) is 0.787. The predicted molar refractivity (Wildman–Crippen MR) is 88.5 cm³/mol. The molecular formula is C16H19F4N5O. The number of aryl methyl sites for hydroxylation is 1. The lowest BCUT2D eigenvalue weighted by Gasteiger charge is -2.36. The molecule has 0 radical (unpaired) electrons. The number of carbonyl (C=O) groups excluding carboxylic acids is 1. The lowest BCUT2D eigenvalue weighted by atomic mass is 10.1. The maximum atomic E-state index is 13.6. The molecule has 2 heterocycles. The molecule has 0 aliphatic carbocycles. The number of aromatic nitrogens is 2. The summed E-state index contributed by atoms with van der Waals surface area (Å²) >= 11 is 0. The number of rotatable bonds is 5. The van der Waals surface area contributed by atoms with Crippen LogP contribution in [0.2, 0.25) is 0 Å².